The van der Waals surface area contributed by atoms with E-state index in [4.69, 9.17) is 8.83 Å². The molecule has 0 saturated carbocycles. The second kappa shape index (κ2) is 12.3. The van der Waals surface area contributed by atoms with E-state index in [1.54, 1.807) is 0 Å². The number of aromatic nitrogens is 2. The Hall–Kier alpha value is -8.33. The van der Waals surface area contributed by atoms with Crippen LogP contribution in [0.15, 0.2) is 197 Å². The standard InChI is InChI=1S/C55H31N3O2/c56-32-33-11-9-12-34(29-33)35-13-10-14-36(30-35)38-24-23-37(57-45-19-5-1-17-43(45)52-47(57)27-25-41-39-15-3-7-21-50(39)59-54(41)52)31-49(38)58-46-20-6-2-18-44(46)53-48(58)28-26-42-40-16-4-8-22-51(40)60-55(42)53/h1-31H. The Bertz CT molecular complexity index is 3980. The molecule has 4 aromatic heterocycles. The van der Waals surface area contributed by atoms with E-state index in [0.29, 0.717) is 5.56 Å². The van der Waals surface area contributed by atoms with Gasteiger partial charge in [-0.15, -0.1) is 0 Å². The van der Waals surface area contributed by atoms with Gasteiger partial charge in [0, 0.05) is 43.6 Å². The Balaban J connectivity index is 1.13. The molecule has 0 N–H and O–H groups in total. The number of hydrogen-bond donors (Lipinski definition) is 0. The summed E-state index contributed by atoms with van der Waals surface area (Å²) < 4.78 is 18.1. The first-order chi connectivity index (χ1) is 29.7. The van der Waals surface area contributed by atoms with E-state index in [1.807, 2.05) is 42.5 Å². The highest BCUT2D eigenvalue weighted by Crippen LogP contribution is 2.45. The van der Waals surface area contributed by atoms with Crippen molar-refractivity contribution in [3.8, 4) is 39.7 Å². The summed E-state index contributed by atoms with van der Waals surface area (Å²) in [4.78, 5) is 0. The summed E-state index contributed by atoms with van der Waals surface area (Å²) in [5, 5.41) is 18.6. The van der Waals surface area contributed by atoms with Crippen LogP contribution in [0.5, 0.6) is 0 Å². The van der Waals surface area contributed by atoms with Gasteiger partial charge in [-0.1, -0.05) is 109 Å². The summed E-state index contributed by atoms with van der Waals surface area (Å²) in [6.45, 7) is 0. The van der Waals surface area contributed by atoms with Gasteiger partial charge in [0.25, 0.3) is 0 Å². The van der Waals surface area contributed by atoms with Crippen molar-refractivity contribution in [3.63, 3.8) is 0 Å². The van der Waals surface area contributed by atoms with Crippen LogP contribution in [0.3, 0.4) is 0 Å². The lowest BCUT2D eigenvalue weighted by Gasteiger charge is -2.18. The first-order valence-electron chi connectivity index (χ1n) is 20.1. The number of hydrogen-bond acceptors (Lipinski definition) is 3. The first kappa shape index (κ1) is 32.7. The fraction of sp³-hybridized carbons (Fsp3) is 0. The molecule has 0 saturated heterocycles. The topological polar surface area (TPSA) is 59.9 Å². The van der Waals surface area contributed by atoms with E-state index in [-0.39, 0.29) is 0 Å². The third kappa shape index (κ3) is 4.56. The molecular formula is C55H31N3O2. The number of fused-ring (bicyclic) bond motifs is 14. The molecule has 0 aliphatic heterocycles. The van der Waals surface area contributed by atoms with E-state index in [1.165, 1.54) is 0 Å². The van der Waals surface area contributed by atoms with Crippen molar-refractivity contribution in [2.24, 2.45) is 0 Å². The molecule has 13 rings (SSSR count). The largest absolute Gasteiger partial charge is 0.455 e. The van der Waals surface area contributed by atoms with Gasteiger partial charge in [0.05, 0.1) is 50.2 Å². The predicted octanol–water partition coefficient (Wildman–Crippen LogP) is 14.9. The number of nitrogens with zero attached hydrogens (tertiary/aromatic N) is 3. The van der Waals surface area contributed by atoms with Gasteiger partial charge in [0.1, 0.15) is 22.3 Å². The summed E-state index contributed by atoms with van der Waals surface area (Å²) in [6, 6.07) is 68.3. The van der Waals surface area contributed by atoms with Gasteiger partial charge in [-0.05, 0) is 95.6 Å². The van der Waals surface area contributed by atoms with Crippen LogP contribution < -0.4 is 0 Å². The summed E-state index contributed by atoms with van der Waals surface area (Å²) in [5.41, 5.74) is 14.8. The fourth-order valence-corrected chi connectivity index (χ4v) is 9.73. The molecule has 13 aromatic rings. The molecule has 4 heterocycles. The van der Waals surface area contributed by atoms with Crippen LogP contribution in [0, 0.1) is 11.3 Å². The number of benzene rings is 9. The fourth-order valence-electron chi connectivity index (χ4n) is 9.73. The van der Waals surface area contributed by atoms with Gasteiger partial charge in [0.15, 0.2) is 0 Å². The molecule has 5 heteroatoms. The van der Waals surface area contributed by atoms with Crippen LogP contribution in [0.1, 0.15) is 5.56 Å². The van der Waals surface area contributed by atoms with Gasteiger partial charge < -0.3 is 18.0 Å². The highest BCUT2D eigenvalue weighted by molar-refractivity contribution is 6.25. The van der Waals surface area contributed by atoms with Gasteiger partial charge in [-0.25, -0.2) is 0 Å². The van der Waals surface area contributed by atoms with Crippen molar-refractivity contribution in [1.29, 1.82) is 5.26 Å². The normalized spacial score (nSPS) is 12.0. The van der Waals surface area contributed by atoms with Crippen molar-refractivity contribution in [3.05, 3.63) is 194 Å². The molecule has 278 valence electrons. The van der Waals surface area contributed by atoms with Crippen LogP contribution in [-0.4, -0.2) is 9.13 Å². The quantitative estimate of drug-likeness (QED) is 0.179. The molecule has 60 heavy (non-hydrogen) atoms. The van der Waals surface area contributed by atoms with Crippen LogP contribution in [-0.2, 0) is 0 Å². The molecule has 0 atom stereocenters. The lowest BCUT2D eigenvalue weighted by Crippen LogP contribution is -2.01. The van der Waals surface area contributed by atoms with Crippen LogP contribution in [0.2, 0.25) is 0 Å². The van der Waals surface area contributed by atoms with E-state index < -0.39 is 0 Å². The van der Waals surface area contributed by atoms with Gasteiger partial charge in [-0.3, -0.25) is 0 Å². The second-order valence-electron chi connectivity index (χ2n) is 15.5. The van der Waals surface area contributed by atoms with Gasteiger partial charge in [0.2, 0.25) is 0 Å². The molecule has 0 amide bonds. The zero-order valence-corrected chi connectivity index (χ0v) is 32.1. The number of nitriles is 1. The second-order valence-corrected chi connectivity index (χ2v) is 15.5. The Morgan fingerprint density at radius 2 is 0.917 bits per heavy atom. The summed E-state index contributed by atoms with van der Waals surface area (Å²) in [7, 11) is 0. The maximum Gasteiger partial charge on any atom is 0.145 e. The van der Waals surface area contributed by atoms with Crippen LogP contribution in [0.4, 0.5) is 0 Å². The summed E-state index contributed by atoms with van der Waals surface area (Å²) >= 11 is 0. The van der Waals surface area contributed by atoms with Crippen molar-refractivity contribution in [2.75, 3.05) is 0 Å². The molecule has 0 bridgehead atoms. The van der Waals surface area contributed by atoms with E-state index in [9.17, 15) is 5.26 Å². The van der Waals surface area contributed by atoms with Crippen molar-refractivity contribution in [1.82, 2.24) is 9.13 Å². The SMILES string of the molecule is N#Cc1cccc(-c2cccc(-c3ccc(-n4c5ccccc5c5c6oc7ccccc7c6ccc54)cc3-n3c4ccccc4c4c5oc6ccccc6c5ccc43)c2)c1. The monoisotopic (exact) mass is 765 g/mol. The third-order valence-corrected chi connectivity index (χ3v) is 12.3. The van der Waals surface area contributed by atoms with Gasteiger partial charge in [-0.2, -0.15) is 5.26 Å². The third-order valence-electron chi connectivity index (χ3n) is 12.3. The Labute approximate surface area is 342 Å². The Morgan fingerprint density at radius 3 is 1.57 bits per heavy atom. The minimum atomic E-state index is 0.635. The average Bonchev–Trinajstić information content (AvgIpc) is 4.06. The Morgan fingerprint density at radius 1 is 0.383 bits per heavy atom. The first-order valence-corrected chi connectivity index (χ1v) is 20.1. The zero-order valence-electron chi connectivity index (χ0n) is 32.1. The minimum Gasteiger partial charge on any atom is -0.455 e. The van der Waals surface area contributed by atoms with E-state index in [0.717, 1.165) is 121 Å². The zero-order chi connectivity index (χ0) is 39.5. The van der Waals surface area contributed by atoms with Crippen LogP contribution in [0.25, 0.3) is 121 Å². The van der Waals surface area contributed by atoms with Crippen molar-refractivity contribution >= 4 is 87.5 Å². The molecule has 5 nitrogen and oxygen atoms in total. The lowest BCUT2D eigenvalue weighted by atomic mass is 9.96. The highest BCUT2D eigenvalue weighted by Gasteiger charge is 2.23. The maximum atomic E-state index is 9.72. The predicted molar refractivity (Wildman–Crippen MR) is 245 cm³/mol. The van der Waals surface area contributed by atoms with E-state index in [2.05, 4.69) is 161 Å². The molecule has 0 fully saturated rings. The molecule has 0 spiro atoms. The summed E-state index contributed by atoms with van der Waals surface area (Å²) in [6.07, 6.45) is 0. The molecule has 0 aliphatic carbocycles. The maximum absolute atomic E-state index is 9.72. The number of furan rings is 2. The van der Waals surface area contributed by atoms with Crippen molar-refractivity contribution < 1.29 is 8.83 Å². The average molecular weight is 766 g/mol. The molecule has 0 unspecified atom stereocenters. The molecule has 0 aliphatic rings. The highest BCUT2D eigenvalue weighted by atomic mass is 16.3. The molecule has 9 aromatic carbocycles. The van der Waals surface area contributed by atoms with Crippen LogP contribution >= 0.6 is 0 Å². The summed E-state index contributed by atoms with van der Waals surface area (Å²) in [5.74, 6) is 0. The molecule has 0 radical (unpaired) electrons. The van der Waals surface area contributed by atoms with Crippen molar-refractivity contribution in [2.45, 2.75) is 0 Å². The smallest absolute Gasteiger partial charge is 0.145 e. The van der Waals surface area contributed by atoms with E-state index >= 15 is 0 Å². The minimum absolute atomic E-state index is 0.635. The Kier molecular flexibility index (Phi) is 6.73. The lowest BCUT2D eigenvalue weighted by molar-refractivity contribution is 0.672. The number of rotatable bonds is 4. The molecular weight excluding hydrogens is 735 g/mol. The van der Waals surface area contributed by atoms with Gasteiger partial charge >= 0.3 is 0 Å². The number of para-hydroxylation sites is 4.